The maximum Gasteiger partial charge on any atom is 0.242 e. The Morgan fingerprint density at radius 3 is 2.39 bits per heavy atom. The number of aryl methyl sites for hydroxylation is 1. The zero-order valence-corrected chi connectivity index (χ0v) is 18.0. The monoisotopic (exact) mass is 400 g/mol. The van der Waals surface area contributed by atoms with Gasteiger partial charge in [0.15, 0.2) is 0 Å². The summed E-state index contributed by atoms with van der Waals surface area (Å²) in [6.45, 7) is 9.80. The second kappa shape index (κ2) is 9.24. The fourth-order valence-electron chi connectivity index (χ4n) is 2.97. The Morgan fingerprint density at radius 2 is 1.79 bits per heavy atom. The van der Waals surface area contributed by atoms with Crippen molar-refractivity contribution in [2.45, 2.75) is 59.2 Å². The summed E-state index contributed by atoms with van der Waals surface area (Å²) in [7, 11) is 0. The van der Waals surface area contributed by atoms with Crippen molar-refractivity contribution in [1.82, 2.24) is 10.2 Å². The summed E-state index contributed by atoms with van der Waals surface area (Å²) in [4.78, 5) is 27.5. The number of nitrogens with zero attached hydrogens (tertiary/aromatic N) is 1. The summed E-state index contributed by atoms with van der Waals surface area (Å²) >= 11 is 6.31. The van der Waals surface area contributed by atoms with E-state index < -0.39 is 6.04 Å². The van der Waals surface area contributed by atoms with Gasteiger partial charge in [0.05, 0.1) is 6.42 Å². The molecule has 150 valence electrons. The lowest BCUT2D eigenvalue weighted by atomic mass is 10.1. The third-order valence-corrected chi connectivity index (χ3v) is 4.77. The van der Waals surface area contributed by atoms with Gasteiger partial charge in [0.1, 0.15) is 6.04 Å². The number of hydrogen-bond acceptors (Lipinski definition) is 2. The van der Waals surface area contributed by atoms with E-state index in [0.29, 0.717) is 5.02 Å². The predicted octanol–water partition coefficient (Wildman–Crippen LogP) is 4.52. The maximum absolute atomic E-state index is 13.2. The highest BCUT2D eigenvalue weighted by Crippen LogP contribution is 2.20. The molecule has 0 aliphatic rings. The number of nitrogens with one attached hydrogen (secondary N) is 1. The van der Waals surface area contributed by atoms with Crippen LogP contribution in [0.5, 0.6) is 0 Å². The highest BCUT2D eigenvalue weighted by atomic mass is 35.5. The number of carbonyl (C=O) groups is 2. The van der Waals surface area contributed by atoms with E-state index in [0.717, 1.165) is 16.7 Å². The van der Waals surface area contributed by atoms with Gasteiger partial charge < -0.3 is 10.2 Å². The molecule has 2 rings (SSSR count). The Labute approximate surface area is 172 Å². The Morgan fingerprint density at radius 1 is 1.11 bits per heavy atom. The summed E-state index contributed by atoms with van der Waals surface area (Å²) in [6.07, 6.45) is 0.235. The highest BCUT2D eigenvalue weighted by Gasteiger charge is 2.28. The first-order valence-corrected chi connectivity index (χ1v) is 9.85. The van der Waals surface area contributed by atoms with Crippen molar-refractivity contribution in [3.8, 4) is 0 Å². The Balaban J connectivity index is 2.27. The molecule has 0 heterocycles. The van der Waals surface area contributed by atoms with Crippen LogP contribution in [0.4, 0.5) is 0 Å². The van der Waals surface area contributed by atoms with E-state index in [9.17, 15) is 9.59 Å². The van der Waals surface area contributed by atoms with Crippen LogP contribution in [0.2, 0.25) is 5.02 Å². The van der Waals surface area contributed by atoms with Crippen molar-refractivity contribution in [3.63, 3.8) is 0 Å². The summed E-state index contributed by atoms with van der Waals surface area (Å²) < 4.78 is 0. The molecular formula is C23H29ClN2O2. The van der Waals surface area contributed by atoms with Crippen molar-refractivity contribution in [1.29, 1.82) is 0 Å². The van der Waals surface area contributed by atoms with E-state index in [-0.39, 0.29) is 30.3 Å². The van der Waals surface area contributed by atoms with E-state index >= 15 is 0 Å². The van der Waals surface area contributed by atoms with Gasteiger partial charge >= 0.3 is 0 Å². The molecule has 4 nitrogen and oxygen atoms in total. The first-order valence-electron chi connectivity index (χ1n) is 9.47. The van der Waals surface area contributed by atoms with Crippen molar-refractivity contribution in [2.75, 3.05) is 0 Å². The zero-order chi connectivity index (χ0) is 20.9. The van der Waals surface area contributed by atoms with E-state index in [1.807, 2.05) is 70.2 Å². The van der Waals surface area contributed by atoms with Crippen molar-refractivity contribution < 1.29 is 9.59 Å². The number of carbonyl (C=O) groups excluding carboxylic acids is 2. The van der Waals surface area contributed by atoms with Crippen LogP contribution in [0.3, 0.4) is 0 Å². The summed E-state index contributed by atoms with van der Waals surface area (Å²) in [6, 6.07) is 14.6. The molecule has 0 radical (unpaired) electrons. The largest absolute Gasteiger partial charge is 0.350 e. The SMILES string of the molecule is Cc1cccc(CC(=O)N(Cc2ccccc2Cl)[C@@H](C)C(=O)NC(C)(C)C)c1. The topological polar surface area (TPSA) is 49.4 Å². The lowest BCUT2D eigenvalue weighted by Crippen LogP contribution is -2.52. The molecule has 1 atom stereocenters. The minimum atomic E-state index is -0.618. The summed E-state index contributed by atoms with van der Waals surface area (Å²) in [5, 5.41) is 3.54. The van der Waals surface area contributed by atoms with Crippen molar-refractivity contribution in [3.05, 3.63) is 70.2 Å². The van der Waals surface area contributed by atoms with Crippen LogP contribution >= 0.6 is 11.6 Å². The van der Waals surface area contributed by atoms with Gasteiger partial charge in [-0.05, 0) is 51.8 Å². The molecule has 1 N–H and O–H groups in total. The molecule has 0 unspecified atom stereocenters. The Hall–Kier alpha value is -2.33. The van der Waals surface area contributed by atoms with Crippen LogP contribution in [-0.2, 0) is 22.6 Å². The van der Waals surface area contributed by atoms with E-state index in [4.69, 9.17) is 11.6 Å². The molecule has 0 saturated carbocycles. The Kier molecular flexibility index (Phi) is 7.25. The van der Waals surface area contributed by atoms with E-state index in [1.54, 1.807) is 17.9 Å². The maximum atomic E-state index is 13.2. The summed E-state index contributed by atoms with van der Waals surface area (Å²) in [5.74, 6) is -0.292. The molecule has 0 fully saturated rings. The lowest BCUT2D eigenvalue weighted by molar-refractivity contribution is -0.140. The average Bonchev–Trinajstić information content (AvgIpc) is 2.59. The number of halogens is 1. The molecule has 28 heavy (non-hydrogen) atoms. The molecule has 2 aromatic carbocycles. The van der Waals surface area contributed by atoms with Gasteiger partial charge in [-0.1, -0.05) is 59.6 Å². The Bertz CT molecular complexity index is 842. The van der Waals surface area contributed by atoms with E-state index in [2.05, 4.69) is 5.32 Å². The van der Waals surface area contributed by atoms with Crippen molar-refractivity contribution >= 4 is 23.4 Å². The van der Waals surface area contributed by atoms with Crippen LogP contribution in [0.25, 0.3) is 0 Å². The van der Waals surface area contributed by atoms with Gasteiger partial charge in [-0.3, -0.25) is 9.59 Å². The lowest BCUT2D eigenvalue weighted by Gasteiger charge is -2.31. The normalized spacial score (nSPS) is 12.4. The zero-order valence-electron chi connectivity index (χ0n) is 17.3. The first-order chi connectivity index (χ1) is 13.1. The number of hydrogen-bond donors (Lipinski definition) is 1. The van der Waals surface area contributed by atoms with Crippen molar-refractivity contribution in [2.24, 2.45) is 0 Å². The molecule has 0 saturated heterocycles. The molecular weight excluding hydrogens is 372 g/mol. The van der Waals surface area contributed by atoms with Crippen LogP contribution in [-0.4, -0.2) is 28.3 Å². The number of benzene rings is 2. The first kappa shape index (κ1) is 22.0. The highest BCUT2D eigenvalue weighted by molar-refractivity contribution is 6.31. The fourth-order valence-corrected chi connectivity index (χ4v) is 3.16. The quantitative estimate of drug-likeness (QED) is 0.774. The van der Waals surface area contributed by atoms with E-state index in [1.165, 1.54) is 0 Å². The minimum absolute atomic E-state index is 0.109. The number of rotatable bonds is 6. The van der Waals surface area contributed by atoms with Crippen LogP contribution in [0, 0.1) is 6.92 Å². The smallest absolute Gasteiger partial charge is 0.242 e. The number of amides is 2. The van der Waals surface area contributed by atoms with Crippen LogP contribution < -0.4 is 5.32 Å². The molecule has 2 amide bonds. The molecule has 0 bridgehead atoms. The average molecular weight is 401 g/mol. The molecule has 0 aliphatic heterocycles. The molecule has 0 aromatic heterocycles. The van der Waals surface area contributed by atoms with Gasteiger partial charge in [0, 0.05) is 17.1 Å². The van der Waals surface area contributed by atoms with Crippen LogP contribution in [0.1, 0.15) is 44.4 Å². The molecule has 2 aromatic rings. The van der Waals surface area contributed by atoms with Gasteiger partial charge in [-0.15, -0.1) is 0 Å². The molecule has 5 heteroatoms. The minimum Gasteiger partial charge on any atom is -0.350 e. The third-order valence-electron chi connectivity index (χ3n) is 4.40. The third kappa shape index (κ3) is 6.38. The van der Waals surface area contributed by atoms with Gasteiger partial charge in [0.2, 0.25) is 11.8 Å². The van der Waals surface area contributed by atoms with Gasteiger partial charge in [0.25, 0.3) is 0 Å². The molecule has 0 aliphatic carbocycles. The standard InChI is InChI=1S/C23H29ClN2O2/c1-16-9-8-10-18(13-16)14-21(27)26(15-19-11-6-7-12-20(19)24)17(2)22(28)25-23(3,4)5/h6-13,17H,14-15H2,1-5H3,(H,25,28)/t17-/m0/s1. The fraction of sp³-hybridized carbons (Fsp3) is 0.391. The molecule has 0 spiro atoms. The summed E-state index contributed by atoms with van der Waals surface area (Å²) in [5.41, 5.74) is 2.47. The second-order valence-electron chi connectivity index (χ2n) is 8.19. The predicted molar refractivity (Wildman–Crippen MR) is 114 cm³/mol. The van der Waals surface area contributed by atoms with Crippen LogP contribution in [0.15, 0.2) is 48.5 Å². The van der Waals surface area contributed by atoms with Gasteiger partial charge in [-0.25, -0.2) is 0 Å². The second-order valence-corrected chi connectivity index (χ2v) is 8.60. The van der Waals surface area contributed by atoms with Gasteiger partial charge in [-0.2, -0.15) is 0 Å².